The zero-order valence-electron chi connectivity index (χ0n) is 26.0. The number of piperidine rings is 1. The number of rotatable bonds is 8. The highest BCUT2D eigenvalue weighted by Gasteiger charge is 2.25. The molecule has 44 heavy (non-hydrogen) atoms. The number of benzene rings is 1. The third-order valence-electron chi connectivity index (χ3n) is 8.68. The molecule has 3 heterocycles. The minimum absolute atomic E-state index is 0.0694. The number of para-hydroxylation sites is 1. The third-order valence-corrected chi connectivity index (χ3v) is 8.68. The van der Waals surface area contributed by atoms with Crippen molar-refractivity contribution in [3.8, 4) is 11.3 Å². The number of nitrogens with one attached hydrogen (secondary N) is 2. The molecule has 1 aliphatic heterocycles. The van der Waals surface area contributed by atoms with Gasteiger partial charge in [0.05, 0.1) is 16.8 Å². The normalized spacial score (nSPS) is 19.4. The van der Waals surface area contributed by atoms with Crippen molar-refractivity contribution >= 4 is 34.6 Å². The van der Waals surface area contributed by atoms with Gasteiger partial charge in [0, 0.05) is 49.2 Å². The largest absolute Gasteiger partial charge is 0.444 e. The highest BCUT2D eigenvalue weighted by molar-refractivity contribution is 6.07. The van der Waals surface area contributed by atoms with Crippen molar-refractivity contribution in [1.29, 1.82) is 0 Å². The maximum absolute atomic E-state index is 13.5. The van der Waals surface area contributed by atoms with Gasteiger partial charge in [-0.15, -0.1) is 0 Å². The van der Waals surface area contributed by atoms with Gasteiger partial charge < -0.3 is 26.0 Å². The number of nitrogens with zero attached hydrogens (tertiary/aromatic N) is 3. The molecule has 0 spiro atoms. The van der Waals surface area contributed by atoms with E-state index in [9.17, 15) is 14.4 Å². The minimum atomic E-state index is -0.505. The first-order chi connectivity index (χ1) is 21.1. The standard InChI is InChI=1S/C34H44N6O4/c1-34(2,3)44-33(43)38-20-23-10-8-22(9-11-23)19-37-32(42)27-18-29(39-28-7-5-4-6-26(27)28)25-12-13-30(36-21-25)40-16-14-24(15-17-40)31(35)41/h4-7,12-13,18,21-24H,8-11,14-17,19-20H2,1-3H3,(H2,35,41)(H,37,42)(H,38,43). The zero-order valence-corrected chi connectivity index (χ0v) is 26.0. The van der Waals surface area contributed by atoms with Crippen LogP contribution in [0.1, 0.15) is 69.7 Å². The van der Waals surface area contributed by atoms with E-state index in [2.05, 4.69) is 20.5 Å². The second-order valence-corrected chi connectivity index (χ2v) is 13.1. The lowest BCUT2D eigenvalue weighted by Crippen LogP contribution is -2.38. The van der Waals surface area contributed by atoms with E-state index in [0.29, 0.717) is 36.2 Å². The first-order valence-electron chi connectivity index (χ1n) is 15.7. The van der Waals surface area contributed by atoms with E-state index in [-0.39, 0.29) is 23.8 Å². The number of ether oxygens (including phenoxy) is 1. The molecule has 10 heteroatoms. The number of amides is 3. The molecule has 2 fully saturated rings. The van der Waals surface area contributed by atoms with Gasteiger partial charge in [-0.3, -0.25) is 9.59 Å². The average molecular weight is 601 g/mol. The van der Waals surface area contributed by atoms with Crippen LogP contribution in [-0.2, 0) is 9.53 Å². The summed E-state index contributed by atoms with van der Waals surface area (Å²) in [5, 5.41) is 6.89. The van der Waals surface area contributed by atoms with Crippen LogP contribution in [0.15, 0.2) is 48.7 Å². The Labute approximate surface area is 259 Å². The average Bonchev–Trinajstić information content (AvgIpc) is 3.02. The van der Waals surface area contributed by atoms with Crippen molar-refractivity contribution in [2.75, 3.05) is 31.1 Å². The van der Waals surface area contributed by atoms with Crippen molar-refractivity contribution in [2.24, 2.45) is 23.5 Å². The number of carbonyl (C=O) groups excluding carboxylic acids is 3. The summed E-state index contributed by atoms with van der Waals surface area (Å²) in [5.74, 6) is 1.26. The topological polar surface area (TPSA) is 140 Å². The van der Waals surface area contributed by atoms with Crippen LogP contribution in [0.3, 0.4) is 0 Å². The van der Waals surface area contributed by atoms with Crippen molar-refractivity contribution in [3.05, 3.63) is 54.2 Å². The van der Waals surface area contributed by atoms with Crippen LogP contribution in [0, 0.1) is 17.8 Å². The molecule has 3 amide bonds. The lowest BCUT2D eigenvalue weighted by Gasteiger charge is -2.31. The molecule has 1 aliphatic carbocycles. The molecule has 0 bridgehead atoms. The fraction of sp³-hybridized carbons (Fsp3) is 0.500. The summed E-state index contributed by atoms with van der Waals surface area (Å²) in [5.41, 5.74) is 7.85. The molecule has 0 radical (unpaired) electrons. The van der Waals surface area contributed by atoms with Crippen LogP contribution in [0.4, 0.5) is 10.6 Å². The lowest BCUT2D eigenvalue weighted by atomic mass is 9.82. The highest BCUT2D eigenvalue weighted by Crippen LogP contribution is 2.30. The fourth-order valence-corrected chi connectivity index (χ4v) is 6.14. The number of primary amides is 1. The third kappa shape index (κ3) is 8.03. The smallest absolute Gasteiger partial charge is 0.407 e. The number of hydrogen-bond donors (Lipinski definition) is 3. The van der Waals surface area contributed by atoms with E-state index in [1.54, 1.807) is 6.20 Å². The van der Waals surface area contributed by atoms with Crippen LogP contribution in [0.2, 0.25) is 0 Å². The summed E-state index contributed by atoms with van der Waals surface area (Å²) in [6.45, 7) is 8.28. The maximum atomic E-state index is 13.5. The van der Waals surface area contributed by atoms with E-state index >= 15 is 0 Å². The fourth-order valence-electron chi connectivity index (χ4n) is 6.14. The zero-order chi connectivity index (χ0) is 31.3. The Morgan fingerprint density at radius 2 is 1.59 bits per heavy atom. The molecular formula is C34H44N6O4. The number of fused-ring (bicyclic) bond motifs is 1. The quantitative estimate of drug-likeness (QED) is 0.328. The summed E-state index contributed by atoms with van der Waals surface area (Å²) in [4.78, 5) is 48.7. The monoisotopic (exact) mass is 600 g/mol. The summed E-state index contributed by atoms with van der Waals surface area (Å²) in [6, 6.07) is 13.5. The Morgan fingerprint density at radius 3 is 2.20 bits per heavy atom. The Bertz CT molecular complexity index is 1470. The van der Waals surface area contributed by atoms with Gasteiger partial charge >= 0.3 is 6.09 Å². The Hall–Kier alpha value is -4.21. The van der Waals surface area contributed by atoms with Crippen LogP contribution in [0.25, 0.3) is 22.2 Å². The predicted octanol–water partition coefficient (Wildman–Crippen LogP) is 5.06. The van der Waals surface area contributed by atoms with E-state index in [1.807, 2.05) is 63.2 Å². The molecule has 1 saturated carbocycles. The summed E-state index contributed by atoms with van der Waals surface area (Å²) >= 11 is 0. The molecule has 1 aromatic carbocycles. The van der Waals surface area contributed by atoms with Crippen LogP contribution < -0.4 is 21.3 Å². The molecule has 2 aromatic heterocycles. The van der Waals surface area contributed by atoms with Gasteiger partial charge in [-0.05, 0) is 95.4 Å². The molecular weight excluding hydrogens is 556 g/mol. The number of aromatic nitrogens is 2. The summed E-state index contributed by atoms with van der Waals surface area (Å²) < 4.78 is 5.34. The molecule has 0 atom stereocenters. The molecule has 5 rings (SSSR count). The molecule has 1 saturated heterocycles. The number of hydrogen-bond acceptors (Lipinski definition) is 7. The second-order valence-electron chi connectivity index (χ2n) is 13.1. The van der Waals surface area contributed by atoms with Gasteiger partial charge in [-0.25, -0.2) is 14.8 Å². The highest BCUT2D eigenvalue weighted by atomic mass is 16.6. The van der Waals surface area contributed by atoms with Crippen LogP contribution >= 0.6 is 0 Å². The van der Waals surface area contributed by atoms with E-state index in [0.717, 1.165) is 73.9 Å². The summed E-state index contributed by atoms with van der Waals surface area (Å²) in [7, 11) is 0. The molecule has 10 nitrogen and oxygen atoms in total. The molecule has 234 valence electrons. The number of carbonyl (C=O) groups is 3. The maximum Gasteiger partial charge on any atom is 0.407 e. The Balaban J connectivity index is 1.19. The molecule has 4 N–H and O–H groups in total. The number of pyridine rings is 2. The van der Waals surface area contributed by atoms with Gasteiger partial charge in [-0.1, -0.05) is 18.2 Å². The van der Waals surface area contributed by atoms with E-state index < -0.39 is 5.60 Å². The van der Waals surface area contributed by atoms with E-state index in [4.69, 9.17) is 15.5 Å². The molecule has 3 aromatic rings. The van der Waals surface area contributed by atoms with Crippen molar-refractivity contribution in [1.82, 2.24) is 20.6 Å². The number of nitrogens with two attached hydrogens (primary N) is 1. The van der Waals surface area contributed by atoms with E-state index in [1.165, 1.54) is 0 Å². The molecule has 2 aliphatic rings. The van der Waals surface area contributed by atoms with Crippen molar-refractivity contribution in [3.63, 3.8) is 0 Å². The minimum Gasteiger partial charge on any atom is -0.444 e. The first kappa shape index (κ1) is 31.2. The predicted molar refractivity (Wildman–Crippen MR) is 171 cm³/mol. The lowest BCUT2D eigenvalue weighted by molar-refractivity contribution is -0.122. The van der Waals surface area contributed by atoms with Crippen molar-refractivity contribution in [2.45, 2.75) is 64.9 Å². The molecule has 0 unspecified atom stereocenters. The second kappa shape index (κ2) is 13.6. The van der Waals surface area contributed by atoms with Gasteiger partial charge in [0.2, 0.25) is 5.91 Å². The van der Waals surface area contributed by atoms with Gasteiger partial charge in [-0.2, -0.15) is 0 Å². The number of anilines is 1. The van der Waals surface area contributed by atoms with Crippen molar-refractivity contribution < 1.29 is 19.1 Å². The Morgan fingerprint density at radius 1 is 0.932 bits per heavy atom. The number of alkyl carbamates (subject to hydrolysis) is 1. The SMILES string of the molecule is CC(C)(C)OC(=O)NCC1CCC(CNC(=O)c2cc(-c3ccc(N4CCC(C(N)=O)CC4)nc3)nc3ccccc23)CC1. The summed E-state index contributed by atoms with van der Waals surface area (Å²) in [6.07, 6.45) is 6.90. The van der Waals surface area contributed by atoms with Gasteiger partial charge in [0.1, 0.15) is 11.4 Å². The van der Waals surface area contributed by atoms with Gasteiger partial charge in [0.15, 0.2) is 0 Å². The first-order valence-corrected chi connectivity index (χ1v) is 15.7. The van der Waals surface area contributed by atoms with Crippen LogP contribution in [0.5, 0.6) is 0 Å². The Kier molecular flexibility index (Phi) is 9.66. The van der Waals surface area contributed by atoms with Crippen LogP contribution in [-0.4, -0.2) is 59.7 Å². The van der Waals surface area contributed by atoms with Gasteiger partial charge in [0.25, 0.3) is 5.91 Å².